The first-order valence-corrected chi connectivity index (χ1v) is 5.25. The first kappa shape index (κ1) is 9.59. The van der Waals surface area contributed by atoms with Crippen molar-refractivity contribution in [2.45, 2.75) is 38.6 Å². The molecule has 0 fully saturated rings. The molecule has 2 rings (SSSR count). The van der Waals surface area contributed by atoms with E-state index in [9.17, 15) is 0 Å². The minimum atomic E-state index is 0.415. The monoisotopic (exact) mass is 191 g/mol. The lowest BCUT2D eigenvalue weighted by molar-refractivity contribution is 0.574. The molecule has 0 radical (unpaired) electrons. The number of hydrogen-bond acceptors (Lipinski definition) is 3. The molecular weight excluding hydrogens is 174 g/mol. The van der Waals surface area contributed by atoms with Crippen LogP contribution in [0.1, 0.15) is 49.3 Å². The van der Waals surface area contributed by atoms with Gasteiger partial charge in [-0.2, -0.15) is 0 Å². The van der Waals surface area contributed by atoms with Crippen LogP contribution in [-0.4, -0.2) is 17.0 Å². The van der Waals surface area contributed by atoms with E-state index in [1.165, 1.54) is 11.3 Å². The first-order chi connectivity index (χ1) is 6.72. The zero-order chi connectivity index (χ0) is 10.1. The molecule has 1 N–H and O–H groups in total. The zero-order valence-electron chi connectivity index (χ0n) is 9.04. The Hall–Kier alpha value is -0.960. The van der Waals surface area contributed by atoms with Crippen molar-refractivity contribution in [3.63, 3.8) is 0 Å². The summed E-state index contributed by atoms with van der Waals surface area (Å²) in [6.45, 7) is 4.26. The van der Waals surface area contributed by atoms with E-state index >= 15 is 0 Å². The highest BCUT2D eigenvalue weighted by Gasteiger charge is 2.23. The molecule has 0 saturated carbocycles. The van der Waals surface area contributed by atoms with Gasteiger partial charge in [-0.25, -0.2) is 9.97 Å². The molecule has 0 bridgehead atoms. The van der Waals surface area contributed by atoms with Crippen LogP contribution >= 0.6 is 0 Å². The molecule has 1 aromatic heterocycles. The van der Waals surface area contributed by atoms with Crippen LogP contribution in [0.5, 0.6) is 0 Å². The van der Waals surface area contributed by atoms with Crippen molar-refractivity contribution in [3.8, 4) is 0 Å². The molecule has 1 heterocycles. The van der Waals surface area contributed by atoms with Crippen LogP contribution in [-0.2, 0) is 6.42 Å². The number of nitrogens with zero attached hydrogens (tertiary/aromatic N) is 2. The number of fused-ring (bicyclic) bond motifs is 1. The van der Waals surface area contributed by atoms with Crippen LogP contribution in [0.3, 0.4) is 0 Å². The molecule has 3 heteroatoms. The summed E-state index contributed by atoms with van der Waals surface area (Å²) in [7, 11) is 2.00. The molecule has 0 aliphatic heterocycles. The van der Waals surface area contributed by atoms with Gasteiger partial charge in [-0.3, -0.25) is 0 Å². The van der Waals surface area contributed by atoms with Gasteiger partial charge in [0, 0.05) is 18.2 Å². The van der Waals surface area contributed by atoms with E-state index in [0.717, 1.165) is 18.7 Å². The van der Waals surface area contributed by atoms with Crippen molar-refractivity contribution < 1.29 is 0 Å². The normalized spacial score (nSPS) is 20.1. The van der Waals surface area contributed by atoms with Crippen molar-refractivity contribution in [1.29, 1.82) is 0 Å². The quantitative estimate of drug-likeness (QED) is 0.774. The maximum absolute atomic E-state index is 4.63. The predicted octanol–water partition coefficient (Wildman–Crippen LogP) is 1.81. The molecule has 1 unspecified atom stereocenters. The van der Waals surface area contributed by atoms with E-state index in [1.54, 1.807) is 0 Å². The SMILES string of the molecule is CNC1CCc2cnc(C(C)C)nc21. The summed E-state index contributed by atoms with van der Waals surface area (Å²) in [6.07, 6.45) is 4.26. The van der Waals surface area contributed by atoms with Crippen molar-refractivity contribution >= 4 is 0 Å². The van der Waals surface area contributed by atoms with Crippen LogP contribution in [0, 0.1) is 0 Å². The summed E-state index contributed by atoms with van der Waals surface area (Å²) in [5.41, 5.74) is 2.53. The van der Waals surface area contributed by atoms with Crippen molar-refractivity contribution in [3.05, 3.63) is 23.3 Å². The smallest absolute Gasteiger partial charge is 0.131 e. The lowest BCUT2D eigenvalue weighted by Gasteiger charge is -2.11. The molecule has 0 aromatic carbocycles. The van der Waals surface area contributed by atoms with Gasteiger partial charge in [0.25, 0.3) is 0 Å². The van der Waals surface area contributed by atoms with Crippen LogP contribution in [0.15, 0.2) is 6.20 Å². The molecule has 1 aliphatic carbocycles. The van der Waals surface area contributed by atoms with Gasteiger partial charge in [0.1, 0.15) is 5.82 Å². The Bertz CT molecular complexity index is 333. The van der Waals surface area contributed by atoms with Crippen LogP contribution in [0.4, 0.5) is 0 Å². The summed E-state index contributed by atoms with van der Waals surface area (Å²) < 4.78 is 0. The molecule has 76 valence electrons. The van der Waals surface area contributed by atoms with Crippen LogP contribution in [0.25, 0.3) is 0 Å². The number of hydrogen-bond donors (Lipinski definition) is 1. The van der Waals surface area contributed by atoms with Crippen molar-refractivity contribution in [1.82, 2.24) is 15.3 Å². The lowest BCUT2D eigenvalue weighted by Crippen LogP contribution is -2.15. The molecule has 1 aliphatic rings. The van der Waals surface area contributed by atoms with Gasteiger partial charge in [0.05, 0.1) is 5.69 Å². The van der Waals surface area contributed by atoms with E-state index in [2.05, 4.69) is 29.1 Å². The van der Waals surface area contributed by atoms with Gasteiger partial charge in [0.15, 0.2) is 0 Å². The zero-order valence-corrected chi connectivity index (χ0v) is 9.04. The molecule has 0 amide bonds. The van der Waals surface area contributed by atoms with Gasteiger partial charge in [-0.15, -0.1) is 0 Å². The Kier molecular flexibility index (Phi) is 2.50. The van der Waals surface area contributed by atoms with E-state index in [-0.39, 0.29) is 0 Å². The second-order valence-electron chi connectivity index (χ2n) is 4.17. The van der Waals surface area contributed by atoms with Crippen LogP contribution < -0.4 is 5.32 Å². The summed E-state index contributed by atoms with van der Waals surface area (Å²) in [5, 5.41) is 3.30. The van der Waals surface area contributed by atoms with Gasteiger partial charge in [0.2, 0.25) is 0 Å². The van der Waals surface area contributed by atoms with Gasteiger partial charge >= 0.3 is 0 Å². The van der Waals surface area contributed by atoms with Gasteiger partial charge < -0.3 is 5.32 Å². The molecule has 3 nitrogen and oxygen atoms in total. The third-order valence-corrected chi connectivity index (χ3v) is 2.81. The Balaban J connectivity index is 2.37. The predicted molar refractivity (Wildman–Crippen MR) is 56.2 cm³/mol. The molecule has 14 heavy (non-hydrogen) atoms. The number of aromatic nitrogens is 2. The van der Waals surface area contributed by atoms with E-state index in [4.69, 9.17) is 0 Å². The largest absolute Gasteiger partial charge is 0.312 e. The van der Waals surface area contributed by atoms with E-state index in [1.807, 2.05) is 13.2 Å². The van der Waals surface area contributed by atoms with E-state index < -0.39 is 0 Å². The highest BCUT2D eigenvalue weighted by atomic mass is 15.0. The van der Waals surface area contributed by atoms with Crippen LogP contribution in [0.2, 0.25) is 0 Å². The minimum Gasteiger partial charge on any atom is -0.312 e. The van der Waals surface area contributed by atoms with Crippen molar-refractivity contribution in [2.24, 2.45) is 0 Å². The Morgan fingerprint density at radius 2 is 2.29 bits per heavy atom. The summed E-state index contributed by atoms with van der Waals surface area (Å²) in [6, 6.07) is 0.436. The standard InChI is InChI=1S/C11H17N3/c1-7(2)11-13-6-8-4-5-9(12-3)10(8)14-11/h6-7,9,12H,4-5H2,1-3H3. The summed E-state index contributed by atoms with van der Waals surface area (Å²) in [5.74, 6) is 1.38. The maximum atomic E-state index is 4.63. The fourth-order valence-corrected chi connectivity index (χ4v) is 1.92. The number of rotatable bonds is 2. The third kappa shape index (κ3) is 1.52. The average molecular weight is 191 g/mol. The fraction of sp³-hybridized carbons (Fsp3) is 0.636. The molecule has 1 atom stereocenters. The summed E-state index contributed by atoms with van der Waals surface area (Å²) >= 11 is 0. The fourth-order valence-electron chi connectivity index (χ4n) is 1.92. The highest BCUT2D eigenvalue weighted by Crippen LogP contribution is 2.29. The molecule has 1 aromatic rings. The van der Waals surface area contributed by atoms with E-state index in [0.29, 0.717) is 12.0 Å². The van der Waals surface area contributed by atoms with Crippen molar-refractivity contribution in [2.75, 3.05) is 7.05 Å². The second-order valence-corrected chi connectivity index (χ2v) is 4.17. The lowest BCUT2D eigenvalue weighted by atomic mass is 10.2. The number of nitrogens with one attached hydrogen (secondary N) is 1. The third-order valence-electron chi connectivity index (χ3n) is 2.81. The average Bonchev–Trinajstić information content (AvgIpc) is 2.59. The summed E-state index contributed by atoms with van der Waals surface area (Å²) in [4.78, 5) is 9.01. The van der Waals surface area contributed by atoms with Gasteiger partial charge in [-0.1, -0.05) is 13.8 Å². The molecule has 0 saturated heterocycles. The number of aryl methyl sites for hydroxylation is 1. The highest BCUT2D eigenvalue weighted by molar-refractivity contribution is 5.26. The maximum Gasteiger partial charge on any atom is 0.131 e. The molecule has 0 spiro atoms. The Morgan fingerprint density at radius 3 is 2.93 bits per heavy atom. The second kappa shape index (κ2) is 3.65. The topological polar surface area (TPSA) is 37.8 Å². The minimum absolute atomic E-state index is 0.415. The first-order valence-electron chi connectivity index (χ1n) is 5.25. The Morgan fingerprint density at radius 1 is 1.50 bits per heavy atom. The van der Waals surface area contributed by atoms with Gasteiger partial charge in [-0.05, 0) is 25.5 Å². The molecular formula is C11H17N3. The Labute approximate surface area is 85.0 Å².